The van der Waals surface area contributed by atoms with Crippen LogP contribution in [-0.4, -0.2) is 46.9 Å². The molecule has 9 heteroatoms. The third-order valence-electron chi connectivity index (χ3n) is 5.17. The minimum absolute atomic E-state index is 0. The maximum absolute atomic E-state index is 13.6. The first-order valence-electron chi connectivity index (χ1n) is 9.86. The van der Waals surface area contributed by atoms with Gasteiger partial charge in [0.15, 0.2) is 5.96 Å². The van der Waals surface area contributed by atoms with Gasteiger partial charge in [-0.05, 0) is 32.0 Å². The summed E-state index contributed by atoms with van der Waals surface area (Å²) < 4.78 is 27.2. The first-order valence-corrected chi connectivity index (χ1v) is 9.86. The van der Waals surface area contributed by atoms with Crippen LogP contribution in [0.4, 0.5) is 4.39 Å². The highest BCUT2D eigenvalue weighted by molar-refractivity contribution is 14.0. The Morgan fingerprint density at radius 1 is 1.40 bits per heavy atom. The molecule has 0 spiro atoms. The fourth-order valence-corrected chi connectivity index (χ4v) is 3.62. The topological polar surface area (TPSA) is 67.8 Å². The van der Waals surface area contributed by atoms with Gasteiger partial charge in [-0.2, -0.15) is 5.10 Å². The molecule has 1 aliphatic rings. The average Bonchev–Trinajstić information content (AvgIpc) is 3.29. The Labute approximate surface area is 192 Å². The zero-order valence-electron chi connectivity index (χ0n) is 17.4. The molecule has 3 aromatic rings. The SMILES string of the molecule is CCNC(=NCc1oc2ccc(F)cc2c1C)N1CCOC(c2cnn(C)c2)C1.I. The van der Waals surface area contributed by atoms with Gasteiger partial charge in [-0.25, -0.2) is 9.38 Å². The van der Waals surface area contributed by atoms with Gasteiger partial charge in [-0.15, -0.1) is 24.0 Å². The molecule has 3 heterocycles. The van der Waals surface area contributed by atoms with Crippen molar-refractivity contribution in [3.8, 4) is 0 Å². The molecule has 162 valence electrons. The smallest absolute Gasteiger partial charge is 0.194 e. The van der Waals surface area contributed by atoms with Crippen molar-refractivity contribution < 1.29 is 13.5 Å². The molecule has 1 N–H and O–H groups in total. The summed E-state index contributed by atoms with van der Waals surface area (Å²) in [4.78, 5) is 6.98. The Morgan fingerprint density at radius 3 is 2.97 bits per heavy atom. The number of fused-ring (bicyclic) bond motifs is 1. The lowest BCUT2D eigenvalue weighted by Crippen LogP contribution is -2.48. The van der Waals surface area contributed by atoms with Gasteiger partial charge in [0.25, 0.3) is 0 Å². The Bertz CT molecular complexity index is 1030. The lowest BCUT2D eigenvalue weighted by Gasteiger charge is -2.34. The van der Waals surface area contributed by atoms with Crippen LogP contribution >= 0.6 is 24.0 Å². The average molecular weight is 527 g/mol. The monoisotopic (exact) mass is 527 g/mol. The molecule has 2 aromatic heterocycles. The summed E-state index contributed by atoms with van der Waals surface area (Å²) in [5.41, 5.74) is 2.67. The quantitative estimate of drug-likeness (QED) is 0.318. The normalized spacial score (nSPS) is 17.3. The summed E-state index contributed by atoms with van der Waals surface area (Å²) >= 11 is 0. The van der Waals surface area contributed by atoms with E-state index in [4.69, 9.17) is 14.1 Å². The van der Waals surface area contributed by atoms with Crippen LogP contribution in [0.5, 0.6) is 0 Å². The maximum atomic E-state index is 13.6. The van der Waals surface area contributed by atoms with E-state index in [1.807, 2.05) is 33.3 Å². The van der Waals surface area contributed by atoms with Crippen molar-refractivity contribution in [3.63, 3.8) is 0 Å². The number of hydrogen-bond donors (Lipinski definition) is 1. The molecule has 30 heavy (non-hydrogen) atoms. The van der Waals surface area contributed by atoms with Gasteiger partial charge >= 0.3 is 0 Å². The van der Waals surface area contributed by atoms with E-state index in [1.54, 1.807) is 10.7 Å². The number of guanidine groups is 1. The van der Waals surface area contributed by atoms with E-state index >= 15 is 0 Å². The Hall–Kier alpha value is -2.14. The molecule has 1 saturated heterocycles. The van der Waals surface area contributed by atoms with Crippen LogP contribution in [0, 0.1) is 12.7 Å². The van der Waals surface area contributed by atoms with Crippen molar-refractivity contribution >= 4 is 40.9 Å². The minimum Gasteiger partial charge on any atom is -0.459 e. The molecule has 7 nitrogen and oxygen atoms in total. The molecule has 0 radical (unpaired) electrons. The molecular formula is C21H27FIN5O2. The van der Waals surface area contributed by atoms with E-state index in [0.717, 1.165) is 41.3 Å². The summed E-state index contributed by atoms with van der Waals surface area (Å²) in [6.45, 7) is 7.21. The van der Waals surface area contributed by atoms with Crippen LogP contribution in [0.2, 0.25) is 0 Å². The van der Waals surface area contributed by atoms with Crippen LogP contribution < -0.4 is 5.32 Å². The number of ether oxygens (including phenoxy) is 1. The first kappa shape index (κ1) is 22.5. The molecule has 0 bridgehead atoms. The number of nitrogens with one attached hydrogen (secondary N) is 1. The highest BCUT2D eigenvalue weighted by Gasteiger charge is 2.25. The Morgan fingerprint density at radius 2 is 2.23 bits per heavy atom. The van der Waals surface area contributed by atoms with Crippen molar-refractivity contribution in [2.45, 2.75) is 26.5 Å². The fraction of sp³-hybridized carbons (Fsp3) is 0.429. The number of halogens is 2. The maximum Gasteiger partial charge on any atom is 0.194 e. The zero-order valence-corrected chi connectivity index (χ0v) is 19.7. The van der Waals surface area contributed by atoms with E-state index in [0.29, 0.717) is 25.3 Å². The van der Waals surface area contributed by atoms with E-state index in [9.17, 15) is 4.39 Å². The second-order valence-corrected chi connectivity index (χ2v) is 7.21. The van der Waals surface area contributed by atoms with E-state index in [1.165, 1.54) is 12.1 Å². The Balaban J connectivity index is 0.00000256. The van der Waals surface area contributed by atoms with Gasteiger partial charge < -0.3 is 19.4 Å². The fourth-order valence-electron chi connectivity index (χ4n) is 3.62. The van der Waals surface area contributed by atoms with E-state index in [-0.39, 0.29) is 35.9 Å². The van der Waals surface area contributed by atoms with Crippen LogP contribution in [0.3, 0.4) is 0 Å². The van der Waals surface area contributed by atoms with Crippen LogP contribution in [0.25, 0.3) is 11.0 Å². The van der Waals surface area contributed by atoms with Gasteiger partial charge in [0, 0.05) is 42.8 Å². The molecule has 1 atom stereocenters. The molecule has 1 aromatic carbocycles. The van der Waals surface area contributed by atoms with Crippen molar-refractivity contribution in [3.05, 3.63) is 53.3 Å². The summed E-state index contributed by atoms with van der Waals surface area (Å²) in [6.07, 6.45) is 3.78. The molecule has 0 amide bonds. The second-order valence-electron chi connectivity index (χ2n) is 7.21. The number of aryl methyl sites for hydroxylation is 2. The summed E-state index contributed by atoms with van der Waals surface area (Å²) in [7, 11) is 1.90. The second kappa shape index (κ2) is 9.78. The third-order valence-corrected chi connectivity index (χ3v) is 5.17. The van der Waals surface area contributed by atoms with Gasteiger partial charge in [0.2, 0.25) is 0 Å². The van der Waals surface area contributed by atoms with Gasteiger partial charge in [0.1, 0.15) is 29.8 Å². The number of hydrogen-bond acceptors (Lipinski definition) is 4. The standard InChI is InChI=1S/C21H26FN5O2.HI/c1-4-23-21(27-7-8-28-20(13-27)15-10-25-26(3)12-15)24-11-19-14(2)17-9-16(22)5-6-18(17)29-19;/h5-6,9-10,12,20H,4,7-8,11,13H2,1-3H3,(H,23,24);1H. The first-order chi connectivity index (χ1) is 14.0. The van der Waals surface area contributed by atoms with Crippen LogP contribution in [0.15, 0.2) is 40.0 Å². The van der Waals surface area contributed by atoms with Crippen LogP contribution in [-0.2, 0) is 18.3 Å². The molecule has 0 saturated carbocycles. The summed E-state index contributed by atoms with van der Waals surface area (Å²) in [5, 5.41) is 8.40. The van der Waals surface area contributed by atoms with Crippen molar-refractivity contribution in [2.75, 3.05) is 26.2 Å². The molecule has 4 rings (SSSR count). The number of furan rings is 1. The van der Waals surface area contributed by atoms with Gasteiger partial charge in [-0.3, -0.25) is 4.68 Å². The Kier molecular flexibility index (Phi) is 7.35. The van der Waals surface area contributed by atoms with Gasteiger partial charge in [0.05, 0.1) is 19.3 Å². The highest BCUT2D eigenvalue weighted by atomic mass is 127. The highest BCUT2D eigenvalue weighted by Crippen LogP contribution is 2.27. The number of aromatic nitrogens is 2. The van der Waals surface area contributed by atoms with Crippen molar-refractivity contribution in [1.29, 1.82) is 0 Å². The lowest BCUT2D eigenvalue weighted by atomic mass is 10.1. The lowest BCUT2D eigenvalue weighted by molar-refractivity contribution is -0.00806. The predicted octanol–water partition coefficient (Wildman–Crippen LogP) is 3.77. The minimum atomic E-state index is -0.264. The largest absolute Gasteiger partial charge is 0.459 e. The number of rotatable bonds is 4. The predicted molar refractivity (Wildman–Crippen MR) is 125 cm³/mol. The molecule has 0 aliphatic carbocycles. The molecule has 1 aliphatic heterocycles. The van der Waals surface area contributed by atoms with Crippen molar-refractivity contribution in [1.82, 2.24) is 20.0 Å². The molecular weight excluding hydrogens is 500 g/mol. The number of benzene rings is 1. The molecule has 1 unspecified atom stereocenters. The third kappa shape index (κ3) is 4.77. The van der Waals surface area contributed by atoms with E-state index in [2.05, 4.69) is 15.3 Å². The molecule has 1 fully saturated rings. The number of aliphatic imine (C=N–C) groups is 1. The van der Waals surface area contributed by atoms with Gasteiger partial charge in [-0.1, -0.05) is 0 Å². The zero-order chi connectivity index (χ0) is 20.4. The number of morpholine rings is 1. The summed E-state index contributed by atoms with van der Waals surface area (Å²) in [6, 6.07) is 4.58. The van der Waals surface area contributed by atoms with Crippen molar-refractivity contribution in [2.24, 2.45) is 12.0 Å². The van der Waals surface area contributed by atoms with Crippen LogP contribution in [0.1, 0.15) is 29.9 Å². The number of nitrogens with zero attached hydrogens (tertiary/aromatic N) is 4. The van der Waals surface area contributed by atoms with E-state index < -0.39 is 0 Å². The summed E-state index contributed by atoms with van der Waals surface area (Å²) in [5.74, 6) is 1.30.